The summed E-state index contributed by atoms with van der Waals surface area (Å²) in [7, 11) is 0. The van der Waals surface area contributed by atoms with Gasteiger partial charge in [0, 0.05) is 31.6 Å². The topological polar surface area (TPSA) is 75.3 Å². The summed E-state index contributed by atoms with van der Waals surface area (Å²) < 4.78 is 0. The van der Waals surface area contributed by atoms with Gasteiger partial charge < -0.3 is 15.5 Å². The van der Waals surface area contributed by atoms with E-state index in [0.717, 1.165) is 29.8 Å². The Balaban J connectivity index is 1.93. The van der Waals surface area contributed by atoms with Gasteiger partial charge in [0.2, 0.25) is 0 Å². The lowest BCUT2D eigenvalue weighted by molar-refractivity contribution is 0.204. The van der Waals surface area contributed by atoms with E-state index in [-0.39, 0.29) is 6.03 Å². The zero-order chi connectivity index (χ0) is 15.7. The van der Waals surface area contributed by atoms with Crippen LogP contribution in [0.5, 0.6) is 0 Å². The molecule has 22 heavy (non-hydrogen) atoms. The predicted molar refractivity (Wildman–Crippen MR) is 87.0 cm³/mol. The van der Waals surface area contributed by atoms with Crippen LogP contribution in [0.2, 0.25) is 0 Å². The maximum atomic E-state index is 11.2. The Bertz CT molecular complexity index is 692. The smallest absolute Gasteiger partial charge is 0.314 e. The first kappa shape index (κ1) is 14.6. The summed E-state index contributed by atoms with van der Waals surface area (Å²) in [5, 5.41) is 1.07. The zero-order valence-electron chi connectivity index (χ0n) is 13.0. The molecular formula is C16H21N5O. The number of amides is 2. The number of primary amides is 1. The second-order valence-corrected chi connectivity index (χ2v) is 5.94. The third kappa shape index (κ3) is 2.68. The van der Waals surface area contributed by atoms with Crippen LogP contribution >= 0.6 is 0 Å². The summed E-state index contributed by atoms with van der Waals surface area (Å²) in [5.41, 5.74) is 7.57. The fourth-order valence-electron chi connectivity index (χ4n) is 2.81. The number of aromatic nitrogens is 2. The molecule has 1 fully saturated rings. The molecule has 1 aliphatic rings. The summed E-state index contributed by atoms with van der Waals surface area (Å²) >= 11 is 0. The van der Waals surface area contributed by atoms with Gasteiger partial charge in [0.15, 0.2) is 0 Å². The minimum absolute atomic E-state index is 0.353. The number of piperazine rings is 1. The van der Waals surface area contributed by atoms with Crippen molar-refractivity contribution in [3.05, 3.63) is 30.1 Å². The van der Waals surface area contributed by atoms with Crippen LogP contribution < -0.4 is 10.6 Å². The van der Waals surface area contributed by atoms with Crippen LogP contribution in [0.25, 0.3) is 10.9 Å². The van der Waals surface area contributed by atoms with Crippen LogP contribution in [0.15, 0.2) is 24.5 Å². The number of urea groups is 1. The van der Waals surface area contributed by atoms with E-state index >= 15 is 0 Å². The average molecular weight is 299 g/mol. The maximum absolute atomic E-state index is 11.2. The van der Waals surface area contributed by atoms with Gasteiger partial charge in [-0.2, -0.15) is 0 Å². The number of fused-ring (bicyclic) bond motifs is 1. The van der Waals surface area contributed by atoms with E-state index in [1.807, 2.05) is 0 Å². The number of nitrogens with two attached hydrogens (primary N) is 1. The normalized spacial score (nSPS) is 15.6. The highest BCUT2D eigenvalue weighted by atomic mass is 16.2. The van der Waals surface area contributed by atoms with Crippen LogP contribution in [0.3, 0.4) is 0 Å². The Morgan fingerprint density at radius 2 is 1.91 bits per heavy atom. The number of carbonyl (C=O) groups excluding carboxylic acids is 1. The lowest BCUT2D eigenvalue weighted by Gasteiger charge is -2.34. The summed E-state index contributed by atoms with van der Waals surface area (Å²) in [6.45, 7) is 7.09. The minimum atomic E-state index is -0.353. The number of benzene rings is 1. The van der Waals surface area contributed by atoms with Gasteiger partial charge in [-0.3, -0.25) is 0 Å². The molecule has 0 radical (unpaired) electrons. The number of hydrogen-bond acceptors (Lipinski definition) is 4. The molecule has 2 aromatic rings. The molecule has 2 amide bonds. The lowest BCUT2D eigenvalue weighted by atomic mass is 10.0. The Morgan fingerprint density at radius 1 is 1.18 bits per heavy atom. The van der Waals surface area contributed by atoms with Crippen LogP contribution in [-0.4, -0.2) is 47.1 Å². The van der Waals surface area contributed by atoms with E-state index in [4.69, 9.17) is 5.73 Å². The number of rotatable bonds is 2. The molecule has 0 aliphatic carbocycles. The standard InChI is InChI=1S/C16H21N5O/c1-11(2)12-3-4-14-13(9-12)15(19-10-18-14)20-5-7-21(8-6-20)16(17)22/h3-4,9-11H,5-8H2,1-2H3,(H2,17,22). The van der Waals surface area contributed by atoms with E-state index in [9.17, 15) is 4.79 Å². The van der Waals surface area contributed by atoms with E-state index in [1.54, 1.807) is 11.2 Å². The minimum Gasteiger partial charge on any atom is -0.352 e. The number of hydrogen-bond donors (Lipinski definition) is 1. The van der Waals surface area contributed by atoms with Crippen molar-refractivity contribution in [3.8, 4) is 0 Å². The summed E-state index contributed by atoms with van der Waals surface area (Å²) in [5.74, 6) is 1.40. The second kappa shape index (κ2) is 5.79. The van der Waals surface area contributed by atoms with Gasteiger partial charge in [-0.05, 0) is 23.6 Å². The third-order valence-electron chi connectivity index (χ3n) is 4.20. The highest BCUT2D eigenvalue weighted by Gasteiger charge is 2.21. The molecule has 0 bridgehead atoms. The molecule has 0 spiro atoms. The molecule has 2 heterocycles. The van der Waals surface area contributed by atoms with Crippen LogP contribution in [0, 0.1) is 0 Å². The van der Waals surface area contributed by atoms with Gasteiger partial charge in [0.1, 0.15) is 12.1 Å². The average Bonchev–Trinajstić information content (AvgIpc) is 2.53. The van der Waals surface area contributed by atoms with Gasteiger partial charge in [0.05, 0.1) is 5.52 Å². The van der Waals surface area contributed by atoms with E-state index in [0.29, 0.717) is 19.0 Å². The van der Waals surface area contributed by atoms with Gasteiger partial charge in [0.25, 0.3) is 0 Å². The van der Waals surface area contributed by atoms with Crippen LogP contribution in [-0.2, 0) is 0 Å². The number of anilines is 1. The van der Waals surface area contributed by atoms with Crippen molar-refractivity contribution >= 4 is 22.8 Å². The first-order chi connectivity index (χ1) is 10.6. The molecule has 0 atom stereocenters. The zero-order valence-corrected chi connectivity index (χ0v) is 13.0. The number of nitrogens with zero attached hydrogens (tertiary/aromatic N) is 4. The fourth-order valence-corrected chi connectivity index (χ4v) is 2.81. The van der Waals surface area contributed by atoms with Crippen molar-refractivity contribution in [1.29, 1.82) is 0 Å². The van der Waals surface area contributed by atoms with E-state index < -0.39 is 0 Å². The molecule has 3 rings (SSSR count). The molecule has 1 saturated heterocycles. The van der Waals surface area contributed by atoms with E-state index in [1.165, 1.54) is 5.56 Å². The first-order valence-electron chi connectivity index (χ1n) is 7.60. The molecule has 2 N–H and O–H groups in total. The van der Waals surface area contributed by atoms with Crippen molar-refractivity contribution in [3.63, 3.8) is 0 Å². The SMILES string of the molecule is CC(C)c1ccc2ncnc(N3CCN(C(N)=O)CC3)c2c1. The van der Waals surface area contributed by atoms with Crippen molar-refractivity contribution < 1.29 is 4.79 Å². The lowest BCUT2D eigenvalue weighted by Crippen LogP contribution is -2.50. The van der Waals surface area contributed by atoms with Gasteiger partial charge in [-0.1, -0.05) is 19.9 Å². The van der Waals surface area contributed by atoms with Crippen molar-refractivity contribution in [2.45, 2.75) is 19.8 Å². The van der Waals surface area contributed by atoms with Gasteiger partial charge >= 0.3 is 6.03 Å². The Hall–Kier alpha value is -2.37. The summed E-state index contributed by atoms with van der Waals surface area (Å²) in [6.07, 6.45) is 1.60. The molecule has 6 nitrogen and oxygen atoms in total. The Kier molecular flexibility index (Phi) is 3.83. The molecule has 0 saturated carbocycles. The van der Waals surface area contributed by atoms with Crippen molar-refractivity contribution in [2.75, 3.05) is 31.1 Å². The summed E-state index contributed by atoms with van der Waals surface area (Å²) in [6, 6.07) is 5.99. The molecule has 116 valence electrons. The fraction of sp³-hybridized carbons (Fsp3) is 0.438. The van der Waals surface area contributed by atoms with Crippen LogP contribution in [0.1, 0.15) is 25.3 Å². The van der Waals surface area contributed by atoms with Crippen molar-refractivity contribution in [1.82, 2.24) is 14.9 Å². The third-order valence-corrected chi connectivity index (χ3v) is 4.20. The largest absolute Gasteiger partial charge is 0.352 e. The van der Waals surface area contributed by atoms with Crippen molar-refractivity contribution in [2.24, 2.45) is 5.73 Å². The molecule has 1 aromatic carbocycles. The van der Waals surface area contributed by atoms with E-state index in [2.05, 4.69) is 46.9 Å². The second-order valence-electron chi connectivity index (χ2n) is 5.94. The number of carbonyl (C=O) groups is 1. The first-order valence-corrected chi connectivity index (χ1v) is 7.60. The monoisotopic (exact) mass is 299 g/mol. The van der Waals surface area contributed by atoms with Gasteiger partial charge in [-0.25, -0.2) is 14.8 Å². The predicted octanol–water partition coefficient (Wildman–Crippen LogP) is 1.95. The Labute approximate surface area is 129 Å². The Morgan fingerprint density at radius 3 is 2.55 bits per heavy atom. The molecule has 6 heteroatoms. The molecule has 0 unspecified atom stereocenters. The molecule has 1 aliphatic heterocycles. The molecule has 1 aromatic heterocycles. The van der Waals surface area contributed by atoms with Crippen LogP contribution in [0.4, 0.5) is 10.6 Å². The highest BCUT2D eigenvalue weighted by molar-refractivity contribution is 5.90. The highest BCUT2D eigenvalue weighted by Crippen LogP contribution is 2.27. The van der Waals surface area contributed by atoms with Gasteiger partial charge in [-0.15, -0.1) is 0 Å². The quantitative estimate of drug-likeness (QED) is 0.919. The maximum Gasteiger partial charge on any atom is 0.314 e. The molecular weight excluding hydrogens is 278 g/mol. The summed E-state index contributed by atoms with van der Waals surface area (Å²) in [4.78, 5) is 23.9.